The Kier molecular flexibility index (Phi) is 6.71. The maximum Gasteiger partial charge on any atom is 0.256 e. The van der Waals surface area contributed by atoms with E-state index < -0.39 is 6.10 Å². The van der Waals surface area contributed by atoms with Gasteiger partial charge in [0.15, 0.2) is 0 Å². The fraction of sp³-hybridized carbons (Fsp3) is 0.367. The summed E-state index contributed by atoms with van der Waals surface area (Å²) in [5.74, 6) is 0.940. The van der Waals surface area contributed by atoms with Crippen molar-refractivity contribution in [3.63, 3.8) is 0 Å². The highest BCUT2D eigenvalue weighted by Gasteiger charge is 2.34. The van der Waals surface area contributed by atoms with E-state index in [1.807, 2.05) is 37.3 Å². The molecule has 3 aromatic heterocycles. The average Bonchev–Trinajstić information content (AvgIpc) is 3.74. The van der Waals surface area contributed by atoms with Crippen molar-refractivity contribution in [2.75, 3.05) is 17.6 Å². The first-order valence-corrected chi connectivity index (χ1v) is 13.8. The van der Waals surface area contributed by atoms with Crippen molar-refractivity contribution < 1.29 is 14.7 Å². The summed E-state index contributed by atoms with van der Waals surface area (Å²) in [7, 11) is 0. The van der Waals surface area contributed by atoms with Crippen LogP contribution in [0.1, 0.15) is 73.0 Å². The zero-order chi connectivity index (χ0) is 28.0. The van der Waals surface area contributed by atoms with Crippen LogP contribution in [-0.4, -0.2) is 60.3 Å². The number of anilines is 2. The third-order valence-electron chi connectivity index (χ3n) is 8.01. The summed E-state index contributed by atoms with van der Waals surface area (Å²) in [6.45, 7) is 3.97. The monoisotopic (exact) mass is 539 g/mol. The first-order valence-electron chi connectivity index (χ1n) is 13.8. The molecule has 3 atom stereocenters. The number of amides is 2. The van der Waals surface area contributed by atoms with Crippen molar-refractivity contribution in [2.24, 2.45) is 0 Å². The Labute approximate surface area is 232 Å². The van der Waals surface area contributed by atoms with Crippen LogP contribution in [0.3, 0.4) is 0 Å². The molecule has 0 spiro atoms. The third kappa shape index (κ3) is 4.90. The Hall–Kier alpha value is -4.31. The van der Waals surface area contributed by atoms with Crippen LogP contribution in [0, 0.1) is 0 Å². The highest BCUT2D eigenvalue weighted by atomic mass is 16.3. The molecule has 0 radical (unpaired) electrons. The summed E-state index contributed by atoms with van der Waals surface area (Å²) in [5.41, 5.74) is 10.3. The van der Waals surface area contributed by atoms with E-state index in [1.165, 1.54) is 25.3 Å². The summed E-state index contributed by atoms with van der Waals surface area (Å²) in [6, 6.07) is 13.1. The molecule has 2 aliphatic rings. The largest absolute Gasteiger partial charge is 0.384 e. The van der Waals surface area contributed by atoms with Gasteiger partial charge in [0, 0.05) is 41.8 Å². The summed E-state index contributed by atoms with van der Waals surface area (Å²) in [5, 5.41) is 18.7. The number of nitrogens with zero attached hydrogens (tertiary/aromatic N) is 5. The van der Waals surface area contributed by atoms with Crippen molar-refractivity contribution in [1.82, 2.24) is 24.6 Å². The van der Waals surface area contributed by atoms with E-state index in [9.17, 15) is 14.7 Å². The number of hydrogen-bond donors (Lipinski definition) is 3. The lowest BCUT2D eigenvalue weighted by molar-refractivity contribution is -0.143. The lowest BCUT2D eigenvalue weighted by atomic mass is 9.89. The number of aliphatic hydroxyl groups excluding tert-OH is 1. The molecule has 6 rings (SSSR count). The molecule has 0 bridgehead atoms. The third-order valence-corrected chi connectivity index (χ3v) is 8.01. The van der Waals surface area contributed by atoms with Gasteiger partial charge in [0.05, 0.1) is 11.4 Å². The zero-order valence-electron chi connectivity index (χ0n) is 22.6. The lowest BCUT2D eigenvalue weighted by Gasteiger charge is -2.38. The van der Waals surface area contributed by atoms with Gasteiger partial charge in [0.1, 0.15) is 23.3 Å². The first-order chi connectivity index (χ1) is 19.3. The number of fused-ring (bicyclic) bond motifs is 1. The minimum atomic E-state index is -1.05. The van der Waals surface area contributed by atoms with Crippen molar-refractivity contribution in [2.45, 2.75) is 63.5 Å². The molecule has 0 unspecified atom stereocenters. The van der Waals surface area contributed by atoms with E-state index in [2.05, 4.69) is 15.3 Å². The minimum Gasteiger partial charge on any atom is -0.384 e. The number of carbonyl (C=O) groups excluding carboxylic acids is 2. The van der Waals surface area contributed by atoms with Gasteiger partial charge in [0.2, 0.25) is 0 Å². The molecule has 4 aromatic rings. The Morgan fingerprint density at radius 2 is 1.75 bits per heavy atom. The Balaban J connectivity index is 1.28. The van der Waals surface area contributed by atoms with E-state index in [4.69, 9.17) is 10.8 Å². The number of nitrogens with two attached hydrogens (primary N) is 1. The number of nitrogen functional groups attached to an aromatic ring is 1. The van der Waals surface area contributed by atoms with Gasteiger partial charge in [-0.05, 0) is 93.5 Å². The van der Waals surface area contributed by atoms with Crippen LogP contribution in [-0.2, 0) is 4.79 Å². The lowest BCUT2D eigenvalue weighted by Crippen LogP contribution is -2.48. The minimum absolute atomic E-state index is 0.0200. The predicted molar refractivity (Wildman–Crippen MR) is 152 cm³/mol. The summed E-state index contributed by atoms with van der Waals surface area (Å²) in [4.78, 5) is 35.9. The molecule has 10 nitrogen and oxygen atoms in total. The van der Waals surface area contributed by atoms with Crippen LogP contribution in [0.15, 0.2) is 54.9 Å². The Bertz CT molecular complexity index is 1580. The van der Waals surface area contributed by atoms with Crippen molar-refractivity contribution in [1.29, 1.82) is 0 Å². The average molecular weight is 540 g/mol. The number of nitrogens with one attached hydrogen (secondary N) is 1. The molecule has 206 valence electrons. The highest BCUT2D eigenvalue weighted by molar-refractivity contribution is 6.04. The summed E-state index contributed by atoms with van der Waals surface area (Å²) in [6.07, 6.45) is 6.37. The summed E-state index contributed by atoms with van der Waals surface area (Å²) >= 11 is 0. The van der Waals surface area contributed by atoms with Gasteiger partial charge in [-0.1, -0.05) is 0 Å². The molecule has 1 aromatic carbocycles. The van der Waals surface area contributed by atoms with Gasteiger partial charge in [-0.2, -0.15) is 5.10 Å². The maximum atomic E-state index is 12.9. The van der Waals surface area contributed by atoms with E-state index in [-0.39, 0.29) is 23.8 Å². The van der Waals surface area contributed by atoms with E-state index in [1.54, 1.807) is 34.1 Å². The highest BCUT2D eigenvalue weighted by Crippen LogP contribution is 2.40. The van der Waals surface area contributed by atoms with E-state index in [0.717, 1.165) is 29.6 Å². The zero-order valence-corrected chi connectivity index (χ0v) is 22.6. The number of aromatic nitrogens is 4. The molecule has 1 aliphatic carbocycles. The maximum absolute atomic E-state index is 12.9. The Morgan fingerprint density at radius 1 is 1.02 bits per heavy atom. The fourth-order valence-electron chi connectivity index (χ4n) is 5.61. The van der Waals surface area contributed by atoms with Crippen molar-refractivity contribution >= 4 is 34.4 Å². The second-order valence-corrected chi connectivity index (χ2v) is 10.9. The summed E-state index contributed by atoms with van der Waals surface area (Å²) < 4.78 is 1.76. The molecule has 1 aliphatic heterocycles. The second kappa shape index (κ2) is 10.3. The molecule has 2 amide bonds. The van der Waals surface area contributed by atoms with Crippen molar-refractivity contribution in [3.8, 4) is 5.69 Å². The molecular formula is C30H33N7O3. The van der Waals surface area contributed by atoms with Crippen LogP contribution in [0.4, 0.5) is 11.6 Å². The number of piperidine rings is 1. The predicted octanol–water partition coefficient (Wildman–Crippen LogP) is 4.00. The van der Waals surface area contributed by atoms with Crippen LogP contribution in [0.5, 0.6) is 0 Å². The number of hydrogen-bond acceptors (Lipinski definition) is 7. The van der Waals surface area contributed by atoms with Gasteiger partial charge < -0.3 is 21.1 Å². The second-order valence-electron chi connectivity index (χ2n) is 10.9. The van der Waals surface area contributed by atoms with Crippen LogP contribution >= 0.6 is 0 Å². The quantitative estimate of drug-likeness (QED) is 0.336. The van der Waals surface area contributed by atoms with Gasteiger partial charge in [-0.3, -0.25) is 9.59 Å². The molecule has 1 saturated heterocycles. The van der Waals surface area contributed by atoms with Crippen molar-refractivity contribution in [3.05, 3.63) is 71.7 Å². The van der Waals surface area contributed by atoms with Gasteiger partial charge in [-0.15, -0.1) is 0 Å². The van der Waals surface area contributed by atoms with Gasteiger partial charge in [0.25, 0.3) is 11.8 Å². The fourth-order valence-corrected chi connectivity index (χ4v) is 5.61. The molecule has 40 heavy (non-hydrogen) atoms. The van der Waals surface area contributed by atoms with Crippen LogP contribution in [0.2, 0.25) is 0 Å². The van der Waals surface area contributed by atoms with Crippen LogP contribution in [0.25, 0.3) is 16.6 Å². The van der Waals surface area contributed by atoms with Crippen LogP contribution < -0.4 is 11.1 Å². The smallest absolute Gasteiger partial charge is 0.256 e. The normalized spacial score (nSPS) is 19.9. The molecule has 10 heteroatoms. The number of carbonyl (C=O) groups is 2. The number of rotatable bonds is 6. The standard InChI is InChI=1S/C30H33N7O3/c1-17-3-4-22(16-36(17)30(40)18(2)38)26-24-12-14-33-28(31)27(24)37(35-26)23-9-7-20(8-10-23)29(39)34-25-15-21(11-13-32-25)19-5-6-19/h7-15,17-19,22,38H,3-6,16H2,1-2H3,(H2,31,33)(H,32,34,39)/t17-,18-,22+/m0/s1. The topological polar surface area (TPSA) is 139 Å². The molecule has 1 saturated carbocycles. The SMILES string of the molecule is C[C@H](O)C(=O)N1C[C@H](c2nn(-c3ccc(C(=O)Nc4cc(C5CC5)ccn4)cc3)c3c(N)nccc23)CC[C@@H]1C. The van der Waals surface area contributed by atoms with E-state index >= 15 is 0 Å². The number of likely N-dealkylation sites (tertiary alicyclic amines) is 1. The number of benzene rings is 1. The number of aliphatic hydroxyl groups is 1. The molecule has 4 heterocycles. The Morgan fingerprint density at radius 3 is 2.48 bits per heavy atom. The first kappa shape index (κ1) is 25.9. The van der Waals surface area contributed by atoms with E-state index in [0.29, 0.717) is 35.2 Å². The van der Waals surface area contributed by atoms with Gasteiger partial charge >= 0.3 is 0 Å². The molecule has 4 N–H and O–H groups in total. The number of pyridine rings is 2. The molecular weight excluding hydrogens is 506 g/mol. The molecule has 2 fully saturated rings. The van der Waals surface area contributed by atoms with Gasteiger partial charge in [-0.25, -0.2) is 14.6 Å².